The van der Waals surface area contributed by atoms with E-state index >= 15 is 0 Å². The lowest BCUT2D eigenvalue weighted by molar-refractivity contribution is 0.0991. The van der Waals surface area contributed by atoms with Crippen LogP contribution in [0, 0.1) is 0 Å². The Hall–Kier alpha value is -0.870. The highest BCUT2D eigenvalue weighted by atomic mass is 35.5. The van der Waals surface area contributed by atoms with Crippen LogP contribution < -0.4 is 0 Å². The summed E-state index contributed by atoms with van der Waals surface area (Å²) in [6.07, 6.45) is 0. The van der Waals surface area contributed by atoms with Gasteiger partial charge in [-0.25, -0.2) is 8.42 Å². The van der Waals surface area contributed by atoms with Gasteiger partial charge in [-0.15, -0.1) is 0 Å². The van der Waals surface area contributed by atoms with Gasteiger partial charge in [0.05, 0.1) is 0 Å². The molecule has 16 heavy (non-hydrogen) atoms. The predicted molar refractivity (Wildman–Crippen MR) is 64.7 cm³/mol. The molecule has 0 saturated heterocycles. The van der Waals surface area contributed by atoms with Gasteiger partial charge in [0.25, 0.3) is 0 Å². The van der Waals surface area contributed by atoms with Crippen molar-refractivity contribution in [2.24, 2.45) is 0 Å². The van der Waals surface area contributed by atoms with Gasteiger partial charge in [0.2, 0.25) is 0 Å². The second-order valence-corrected chi connectivity index (χ2v) is 6.51. The van der Waals surface area contributed by atoms with E-state index < -0.39 is 20.9 Å². The topological polar surface area (TPSA) is 51.2 Å². The summed E-state index contributed by atoms with van der Waals surface area (Å²) in [7, 11) is -3.35. The zero-order valence-electron chi connectivity index (χ0n) is 9.10. The Balaban J connectivity index is 3.04. The van der Waals surface area contributed by atoms with Gasteiger partial charge >= 0.3 is 0 Å². The number of rotatable bonds is 4. The van der Waals surface area contributed by atoms with Gasteiger partial charge in [0.15, 0.2) is 15.6 Å². The molecule has 0 radical (unpaired) electrons. The maximum Gasteiger partial charge on any atom is 0.180 e. The number of benzene rings is 1. The first-order chi connectivity index (χ1) is 7.38. The third-order valence-corrected chi connectivity index (χ3v) is 4.75. The van der Waals surface area contributed by atoms with Crippen molar-refractivity contribution in [2.45, 2.75) is 19.1 Å². The third kappa shape index (κ3) is 2.83. The van der Waals surface area contributed by atoms with Crippen LogP contribution in [0.2, 0.25) is 5.02 Å². The molecule has 0 aliphatic heterocycles. The average molecular weight is 261 g/mol. The van der Waals surface area contributed by atoms with Crippen molar-refractivity contribution in [1.29, 1.82) is 0 Å². The summed E-state index contributed by atoms with van der Waals surface area (Å²) in [5.74, 6) is -0.454. The summed E-state index contributed by atoms with van der Waals surface area (Å²) < 4.78 is 23.1. The van der Waals surface area contributed by atoms with Crippen molar-refractivity contribution in [3.8, 4) is 0 Å². The maximum absolute atomic E-state index is 11.9. The Morgan fingerprint density at radius 3 is 2.56 bits per heavy atom. The molecule has 1 aromatic carbocycles. The molecule has 0 spiro atoms. The second kappa shape index (κ2) is 4.97. The molecule has 0 aliphatic rings. The zero-order valence-corrected chi connectivity index (χ0v) is 10.7. The van der Waals surface area contributed by atoms with Gasteiger partial charge in [0, 0.05) is 16.3 Å². The molecular formula is C11H13ClO3S. The molecule has 0 fully saturated rings. The number of ketones is 1. The van der Waals surface area contributed by atoms with Gasteiger partial charge in [-0.1, -0.05) is 30.7 Å². The van der Waals surface area contributed by atoms with Gasteiger partial charge in [-0.2, -0.15) is 0 Å². The number of Topliss-reactive ketones (excluding diaryl/α,β-unsaturated/α-hetero) is 1. The van der Waals surface area contributed by atoms with E-state index in [1.165, 1.54) is 19.9 Å². The van der Waals surface area contributed by atoms with Crippen molar-refractivity contribution >= 4 is 27.2 Å². The smallest absolute Gasteiger partial charge is 0.180 e. The van der Waals surface area contributed by atoms with Crippen LogP contribution in [0.3, 0.4) is 0 Å². The van der Waals surface area contributed by atoms with E-state index in [1.807, 2.05) is 0 Å². The van der Waals surface area contributed by atoms with Crippen molar-refractivity contribution < 1.29 is 13.2 Å². The van der Waals surface area contributed by atoms with Crippen molar-refractivity contribution in [3.63, 3.8) is 0 Å². The minimum atomic E-state index is -3.35. The molecule has 0 amide bonds. The number of carbonyl (C=O) groups is 1. The third-order valence-electron chi connectivity index (χ3n) is 2.42. The lowest BCUT2D eigenvalue weighted by Crippen LogP contribution is -2.28. The van der Waals surface area contributed by atoms with Gasteiger partial charge < -0.3 is 0 Å². The Morgan fingerprint density at radius 2 is 2.06 bits per heavy atom. The molecule has 0 aliphatic carbocycles. The summed E-state index contributed by atoms with van der Waals surface area (Å²) in [6, 6.07) is 6.31. The Morgan fingerprint density at radius 1 is 1.44 bits per heavy atom. The zero-order chi connectivity index (χ0) is 12.3. The Kier molecular flexibility index (Phi) is 4.10. The first-order valence-corrected chi connectivity index (χ1v) is 6.99. The lowest BCUT2D eigenvalue weighted by atomic mass is 10.1. The lowest BCUT2D eigenvalue weighted by Gasteiger charge is -2.10. The van der Waals surface area contributed by atoms with Crippen LogP contribution in [0.25, 0.3) is 0 Å². The van der Waals surface area contributed by atoms with Crippen LogP contribution >= 0.6 is 11.6 Å². The van der Waals surface area contributed by atoms with Crippen LogP contribution in [0.4, 0.5) is 0 Å². The normalized spacial score (nSPS) is 13.4. The van der Waals surface area contributed by atoms with Gasteiger partial charge in [0.1, 0.15) is 5.25 Å². The van der Waals surface area contributed by atoms with E-state index in [4.69, 9.17) is 11.6 Å². The predicted octanol–water partition coefficient (Wildman–Crippen LogP) is 2.35. The Labute approximate surface area is 100 Å². The fourth-order valence-electron chi connectivity index (χ4n) is 1.29. The molecule has 88 valence electrons. The molecule has 1 atom stereocenters. The van der Waals surface area contributed by atoms with E-state index in [1.54, 1.807) is 18.2 Å². The molecule has 5 heteroatoms. The van der Waals surface area contributed by atoms with Crippen LogP contribution in [-0.2, 0) is 9.84 Å². The van der Waals surface area contributed by atoms with Crippen LogP contribution in [0.1, 0.15) is 24.2 Å². The summed E-state index contributed by atoms with van der Waals surface area (Å²) >= 11 is 5.74. The minimum Gasteiger partial charge on any atom is -0.293 e. The maximum atomic E-state index is 11.9. The molecule has 0 saturated carbocycles. The molecule has 0 bridgehead atoms. The summed E-state index contributed by atoms with van der Waals surface area (Å²) in [5, 5.41) is -0.595. The second-order valence-electron chi connectivity index (χ2n) is 3.47. The van der Waals surface area contributed by atoms with Gasteiger partial charge in [-0.05, 0) is 19.1 Å². The first-order valence-electron chi connectivity index (χ1n) is 4.90. The van der Waals surface area contributed by atoms with Crippen LogP contribution in [0.5, 0.6) is 0 Å². The van der Waals surface area contributed by atoms with Crippen molar-refractivity contribution in [1.82, 2.24) is 0 Å². The van der Waals surface area contributed by atoms with E-state index in [0.29, 0.717) is 10.6 Å². The number of sulfone groups is 1. The highest BCUT2D eigenvalue weighted by molar-refractivity contribution is 7.92. The molecule has 0 heterocycles. The van der Waals surface area contributed by atoms with E-state index in [2.05, 4.69) is 0 Å². The quantitative estimate of drug-likeness (QED) is 0.781. The number of carbonyl (C=O) groups excluding carboxylic acids is 1. The van der Waals surface area contributed by atoms with Gasteiger partial charge in [-0.3, -0.25) is 4.79 Å². The van der Waals surface area contributed by atoms with Crippen LogP contribution in [-0.4, -0.2) is 25.2 Å². The highest BCUT2D eigenvalue weighted by Gasteiger charge is 2.27. The molecule has 1 aromatic rings. The molecule has 0 N–H and O–H groups in total. The first kappa shape index (κ1) is 13.2. The monoisotopic (exact) mass is 260 g/mol. The van der Waals surface area contributed by atoms with E-state index in [9.17, 15) is 13.2 Å². The SMILES string of the molecule is CCS(=O)(=O)[C@@H](C)C(=O)c1cccc(Cl)c1. The minimum absolute atomic E-state index is 0.0412. The number of halogens is 1. The van der Waals surface area contributed by atoms with Crippen molar-refractivity contribution in [2.75, 3.05) is 5.75 Å². The number of hydrogen-bond donors (Lipinski definition) is 0. The fourth-order valence-corrected chi connectivity index (χ4v) is 2.44. The largest absolute Gasteiger partial charge is 0.293 e. The molecule has 1 rings (SSSR count). The summed E-state index contributed by atoms with van der Waals surface area (Å²) in [6.45, 7) is 2.93. The molecule has 0 unspecified atom stereocenters. The van der Waals surface area contributed by atoms with Crippen molar-refractivity contribution in [3.05, 3.63) is 34.9 Å². The fraction of sp³-hybridized carbons (Fsp3) is 0.364. The number of hydrogen-bond acceptors (Lipinski definition) is 3. The molecule has 3 nitrogen and oxygen atoms in total. The molecular weight excluding hydrogens is 248 g/mol. The van der Waals surface area contributed by atoms with E-state index in [-0.39, 0.29) is 5.75 Å². The summed E-state index contributed by atoms with van der Waals surface area (Å²) in [4.78, 5) is 11.9. The average Bonchev–Trinajstić information content (AvgIpc) is 2.27. The molecule has 0 aromatic heterocycles. The van der Waals surface area contributed by atoms with Crippen LogP contribution in [0.15, 0.2) is 24.3 Å². The summed E-state index contributed by atoms with van der Waals surface area (Å²) in [5.41, 5.74) is 0.331. The Bertz CT molecular complexity index is 494. The highest BCUT2D eigenvalue weighted by Crippen LogP contribution is 2.15. The standard InChI is InChI=1S/C11H13ClO3S/c1-3-16(14,15)8(2)11(13)9-5-4-6-10(12)7-9/h4-8H,3H2,1-2H3/t8-/m0/s1. The van der Waals surface area contributed by atoms with E-state index in [0.717, 1.165) is 0 Å².